The lowest BCUT2D eigenvalue weighted by Gasteiger charge is -2.19. The zero-order valence-electron chi connectivity index (χ0n) is 10.4. The average molecular weight is 222 g/mol. The fourth-order valence-electron chi connectivity index (χ4n) is 1.84. The van der Waals surface area contributed by atoms with Crippen LogP contribution in [0.2, 0.25) is 0 Å². The summed E-state index contributed by atoms with van der Waals surface area (Å²) in [6.07, 6.45) is -0.448. The Morgan fingerprint density at radius 3 is 2.12 bits per heavy atom. The van der Waals surface area contributed by atoms with E-state index in [1.807, 2.05) is 45.0 Å². The van der Waals surface area contributed by atoms with Crippen molar-refractivity contribution in [3.05, 3.63) is 23.3 Å². The van der Waals surface area contributed by atoms with Gasteiger partial charge in [0.15, 0.2) is 0 Å². The zero-order valence-corrected chi connectivity index (χ0v) is 10.4. The van der Waals surface area contributed by atoms with Crippen LogP contribution in [0.1, 0.15) is 11.1 Å². The number of carbonyl (C=O) groups excluding carboxylic acids is 1. The first-order valence-corrected chi connectivity index (χ1v) is 5.14. The molecule has 0 saturated carbocycles. The smallest absolute Gasteiger partial charge is 0.410 e. The Labute approximate surface area is 96.2 Å². The largest absolute Gasteiger partial charge is 0.412 e. The molecule has 1 aromatic rings. The Kier molecular flexibility index (Phi) is 3.77. The highest BCUT2D eigenvalue weighted by Crippen LogP contribution is 2.28. The van der Waals surface area contributed by atoms with Gasteiger partial charge >= 0.3 is 6.09 Å². The third-order valence-corrected chi connectivity index (χ3v) is 2.33. The maximum atomic E-state index is 11.1. The van der Waals surface area contributed by atoms with Gasteiger partial charge < -0.3 is 15.0 Å². The molecule has 1 rings (SSSR count). The molecule has 0 bridgehead atoms. The zero-order chi connectivity index (χ0) is 12.3. The summed E-state index contributed by atoms with van der Waals surface area (Å²) in [6.45, 7) is 4.00. The Morgan fingerprint density at radius 1 is 1.25 bits per heavy atom. The molecule has 1 N–H and O–H groups in total. The number of aryl methyl sites for hydroxylation is 2. The molecule has 0 aliphatic carbocycles. The first-order valence-electron chi connectivity index (χ1n) is 5.14. The van der Waals surface area contributed by atoms with Crippen LogP contribution in [0, 0.1) is 13.8 Å². The molecular formula is C12H18N2O2. The predicted molar refractivity (Wildman–Crippen MR) is 65.3 cm³/mol. The van der Waals surface area contributed by atoms with Crippen LogP contribution < -0.4 is 15.0 Å². The molecule has 4 heteroatoms. The maximum Gasteiger partial charge on any atom is 0.412 e. The second-order valence-electron chi connectivity index (χ2n) is 3.94. The van der Waals surface area contributed by atoms with Crippen molar-refractivity contribution in [2.45, 2.75) is 13.8 Å². The van der Waals surface area contributed by atoms with E-state index in [0.717, 1.165) is 16.8 Å². The van der Waals surface area contributed by atoms with Crippen LogP contribution in [-0.4, -0.2) is 27.2 Å². The van der Waals surface area contributed by atoms with Crippen molar-refractivity contribution in [1.82, 2.24) is 5.32 Å². The Bertz CT molecular complexity index is 377. The van der Waals surface area contributed by atoms with Crippen LogP contribution in [0.25, 0.3) is 0 Å². The molecule has 0 saturated heterocycles. The highest BCUT2D eigenvalue weighted by atomic mass is 16.5. The van der Waals surface area contributed by atoms with Gasteiger partial charge in [-0.2, -0.15) is 0 Å². The van der Waals surface area contributed by atoms with E-state index in [1.165, 1.54) is 7.05 Å². The second-order valence-corrected chi connectivity index (χ2v) is 3.94. The van der Waals surface area contributed by atoms with Crippen molar-refractivity contribution < 1.29 is 9.53 Å². The molecule has 88 valence electrons. The van der Waals surface area contributed by atoms with Crippen LogP contribution in [0.15, 0.2) is 12.1 Å². The molecule has 0 radical (unpaired) electrons. The Balaban J connectivity index is 3.05. The van der Waals surface area contributed by atoms with E-state index in [1.54, 1.807) is 0 Å². The highest BCUT2D eigenvalue weighted by Gasteiger charge is 2.09. The molecule has 1 amide bonds. The van der Waals surface area contributed by atoms with Crippen molar-refractivity contribution >= 4 is 11.8 Å². The summed E-state index contributed by atoms with van der Waals surface area (Å²) < 4.78 is 5.09. The Hall–Kier alpha value is -1.71. The van der Waals surface area contributed by atoms with Crippen LogP contribution in [0.4, 0.5) is 10.5 Å². The predicted octanol–water partition coefficient (Wildman–Crippen LogP) is 2.09. The van der Waals surface area contributed by atoms with Gasteiger partial charge in [-0.1, -0.05) is 0 Å². The summed E-state index contributed by atoms with van der Waals surface area (Å²) in [4.78, 5) is 13.1. The molecule has 16 heavy (non-hydrogen) atoms. The normalized spacial score (nSPS) is 9.81. The number of ether oxygens (including phenoxy) is 1. The van der Waals surface area contributed by atoms with Crippen molar-refractivity contribution in [1.29, 1.82) is 0 Å². The van der Waals surface area contributed by atoms with E-state index in [2.05, 4.69) is 5.32 Å². The number of hydrogen-bond acceptors (Lipinski definition) is 3. The molecule has 0 atom stereocenters. The average Bonchev–Trinajstić information content (AvgIpc) is 2.15. The van der Waals surface area contributed by atoms with Gasteiger partial charge in [0.25, 0.3) is 0 Å². The highest BCUT2D eigenvalue weighted by molar-refractivity contribution is 5.71. The van der Waals surface area contributed by atoms with Crippen LogP contribution in [-0.2, 0) is 0 Å². The summed E-state index contributed by atoms with van der Waals surface area (Å²) in [5.41, 5.74) is 3.33. The topological polar surface area (TPSA) is 41.6 Å². The minimum Gasteiger partial charge on any atom is -0.410 e. The van der Waals surface area contributed by atoms with Gasteiger partial charge in [0.1, 0.15) is 5.75 Å². The quantitative estimate of drug-likeness (QED) is 0.833. The molecule has 0 fully saturated rings. The third-order valence-electron chi connectivity index (χ3n) is 2.33. The number of carbonyl (C=O) groups is 1. The minimum atomic E-state index is -0.448. The fraction of sp³-hybridized carbons (Fsp3) is 0.417. The lowest BCUT2D eigenvalue weighted by Crippen LogP contribution is -2.22. The summed E-state index contributed by atoms with van der Waals surface area (Å²) >= 11 is 0. The van der Waals surface area contributed by atoms with Gasteiger partial charge in [-0.3, -0.25) is 0 Å². The van der Waals surface area contributed by atoms with Crippen molar-refractivity contribution in [2.75, 3.05) is 26.0 Å². The SMILES string of the molecule is CNC(=O)Oc1cc(C)c(N(C)C)c(C)c1. The number of nitrogens with one attached hydrogen (secondary N) is 1. The lowest BCUT2D eigenvalue weighted by molar-refractivity contribution is 0.203. The number of nitrogens with zero attached hydrogens (tertiary/aromatic N) is 1. The summed E-state index contributed by atoms with van der Waals surface area (Å²) in [6, 6.07) is 3.72. The molecule has 0 aromatic heterocycles. The summed E-state index contributed by atoms with van der Waals surface area (Å²) in [7, 11) is 5.53. The van der Waals surface area contributed by atoms with Crippen LogP contribution in [0.3, 0.4) is 0 Å². The molecule has 0 spiro atoms. The monoisotopic (exact) mass is 222 g/mol. The lowest BCUT2D eigenvalue weighted by atomic mass is 10.1. The van der Waals surface area contributed by atoms with Gasteiger partial charge in [-0.05, 0) is 37.1 Å². The van der Waals surface area contributed by atoms with Crippen molar-refractivity contribution in [2.24, 2.45) is 0 Å². The number of benzene rings is 1. The van der Waals surface area contributed by atoms with E-state index in [9.17, 15) is 4.79 Å². The molecule has 0 aliphatic rings. The van der Waals surface area contributed by atoms with Crippen LogP contribution in [0.5, 0.6) is 5.75 Å². The van der Waals surface area contributed by atoms with Gasteiger partial charge in [-0.15, -0.1) is 0 Å². The van der Waals surface area contributed by atoms with E-state index in [4.69, 9.17) is 4.74 Å². The van der Waals surface area contributed by atoms with Gasteiger partial charge in [-0.25, -0.2) is 4.79 Å². The van der Waals surface area contributed by atoms with Crippen molar-refractivity contribution in [3.63, 3.8) is 0 Å². The van der Waals surface area contributed by atoms with Gasteiger partial charge in [0.05, 0.1) is 0 Å². The molecule has 0 aliphatic heterocycles. The molecule has 1 aromatic carbocycles. The molecule has 0 unspecified atom stereocenters. The number of amides is 1. The first-order chi connectivity index (χ1) is 7.45. The number of hydrogen-bond donors (Lipinski definition) is 1. The second kappa shape index (κ2) is 4.88. The van der Waals surface area contributed by atoms with Crippen molar-refractivity contribution in [3.8, 4) is 5.75 Å². The maximum absolute atomic E-state index is 11.1. The van der Waals surface area contributed by atoms with Gasteiger partial charge in [0, 0.05) is 26.8 Å². The molecule has 4 nitrogen and oxygen atoms in total. The minimum absolute atomic E-state index is 0.448. The first kappa shape index (κ1) is 12.4. The fourth-order valence-corrected chi connectivity index (χ4v) is 1.84. The molecular weight excluding hydrogens is 204 g/mol. The van der Waals surface area contributed by atoms with E-state index >= 15 is 0 Å². The molecule has 0 heterocycles. The number of rotatable bonds is 2. The third kappa shape index (κ3) is 2.66. The van der Waals surface area contributed by atoms with Crippen LogP contribution >= 0.6 is 0 Å². The number of anilines is 1. The van der Waals surface area contributed by atoms with Gasteiger partial charge in [0.2, 0.25) is 0 Å². The Morgan fingerprint density at radius 2 is 1.75 bits per heavy atom. The van der Waals surface area contributed by atoms with E-state index in [-0.39, 0.29) is 0 Å². The van der Waals surface area contributed by atoms with E-state index in [0.29, 0.717) is 5.75 Å². The summed E-state index contributed by atoms with van der Waals surface area (Å²) in [5.74, 6) is 0.569. The standard InChI is InChI=1S/C12H18N2O2/c1-8-6-10(16-12(15)13-3)7-9(2)11(8)14(4)5/h6-7H,1-5H3,(H,13,15). The summed E-state index contributed by atoms with van der Waals surface area (Å²) in [5, 5.41) is 2.42. The van der Waals surface area contributed by atoms with E-state index < -0.39 is 6.09 Å².